The van der Waals surface area contributed by atoms with Gasteiger partial charge in [-0.25, -0.2) is 9.97 Å². The van der Waals surface area contributed by atoms with E-state index in [0.29, 0.717) is 5.95 Å². The molecular weight excluding hydrogens is 563 g/mol. The Balaban J connectivity index is 1.40. The van der Waals surface area contributed by atoms with Crippen LogP contribution in [0, 0.1) is 0 Å². The number of fused-ring (bicyclic) bond motifs is 14. The lowest BCUT2D eigenvalue weighted by Crippen LogP contribution is -2.06. The molecule has 0 unspecified atom stereocenters. The number of para-hydroxylation sites is 3. The molecule has 11 rings (SSSR count). The zero-order valence-corrected chi connectivity index (χ0v) is 23.9. The van der Waals surface area contributed by atoms with Crippen LogP contribution in [0.4, 0.5) is 0 Å². The topological polar surface area (TPSA) is 53.1 Å². The molecule has 6 heteroatoms. The van der Waals surface area contributed by atoms with E-state index >= 15 is 0 Å². The largest absolute Gasteiger partial charge is 0.456 e. The van der Waals surface area contributed by atoms with Crippen LogP contribution in [0.5, 0.6) is 11.5 Å². The van der Waals surface area contributed by atoms with Crippen LogP contribution in [0.3, 0.4) is 0 Å². The van der Waals surface area contributed by atoms with E-state index in [0.717, 1.165) is 77.4 Å². The van der Waals surface area contributed by atoms with Crippen LogP contribution in [0.2, 0.25) is 0 Å². The van der Waals surface area contributed by atoms with E-state index in [1.165, 1.54) is 20.2 Å². The van der Waals surface area contributed by atoms with Crippen molar-refractivity contribution in [3.63, 3.8) is 0 Å². The normalized spacial score (nSPS) is 12.7. The molecule has 0 fully saturated rings. The SMILES string of the molecule is c1ccc2c(c1)Oc1cccc3nc(-n4c5ccccc5c5c6oc7ccccc7c6c6c7ccccc7sc6c54)nc-2c13. The molecule has 4 aromatic heterocycles. The van der Waals surface area contributed by atoms with Crippen molar-refractivity contribution in [3.05, 3.63) is 115 Å². The van der Waals surface area contributed by atoms with Crippen molar-refractivity contribution in [2.75, 3.05) is 0 Å². The first-order valence-corrected chi connectivity index (χ1v) is 15.4. The van der Waals surface area contributed by atoms with Crippen molar-refractivity contribution in [3.8, 4) is 28.7 Å². The summed E-state index contributed by atoms with van der Waals surface area (Å²) in [6.45, 7) is 0. The molecule has 0 radical (unpaired) electrons. The first kappa shape index (κ1) is 22.8. The molecule has 6 aromatic carbocycles. The number of hydrogen-bond acceptors (Lipinski definition) is 5. The summed E-state index contributed by atoms with van der Waals surface area (Å²) in [4.78, 5) is 10.6. The van der Waals surface area contributed by atoms with E-state index in [1.807, 2.05) is 53.8 Å². The van der Waals surface area contributed by atoms with E-state index < -0.39 is 0 Å². The van der Waals surface area contributed by atoms with Gasteiger partial charge in [-0.15, -0.1) is 11.3 Å². The van der Waals surface area contributed by atoms with Gasteiger partial charge in [0.1, 0.15) is 22.7 Å². The number of nitrogens with zero attached hydrogens (tertiary/aromatic N) is 3. The van der Waals surface area contributed by atoms with Crippen LogP contribution in [0.15, 0.2) is 120 Å². The minimum atomic E-state index is 0.627. The predicted molar refractivity (Wildman–Crippen MR) is 180 cm³/mol. The van der Waals surface area contributed by atoms with E-state index in [4.69, 9.17) is 19.1 Å². The minimum Gasteiger partial charge on any atom is -0.456 e. The molecule has 204 valence electrons. The number of benzene rings is 6. The van der Waals surface area contributed by atoms with E-state index in [9.17, 15) is 0 Å². The molecule has 5 heterocycles. The summed E-state index contributed by atoms with van der Waals surface area (Å²) in [5, 5.41) is 7.86. The van der Waals surface area contributed by atoms with E-state index in [1.54, 1.807) is 0 Å². The maximum Gasteiger partial charge on any atom is 0.235 e. The minimum absolute atomic E-state index is 0.627. The lowest BCUT2D eigenvalue weighted by Gasteiger charge is -2.21. The Labute approximate surface area is 253 Å². The van der Waals surface area contributed by atoms with Gasteiger partial charge in [0.2, 0.25) is 5.95 Å². The first-order chi connectivity index (χ1) is 21.8. The smallest absolute Gasteiger partial charge is 0.235 e. The summed E-state index contributed by atoms with van der Waals surface area (Å²) in [6, 6.07) is 39.7. The highest BCUT2D eigenvalue weighted by atomic mass is 32.1. The number of rotatable bonds is 1. The summed E-state index contributed by atoms with van der Waals surface area (Å²) in [6.07, 6.45) is 0. The monoisotopic (exact) mass is 581 g/mol. The highest BCUT2D eigenvalue weighted by Crippen LogP contribution is 2.51. The van der Waals surface area contributed by atoms with Gasteiger partial charge in [0, 0.05) is 37.2 Å². The fourth-order valence-electron chi connectivity index (χ4n) is 7.21. The fourth-order valence-corrected chi connectivity index (χ4v) is 8.46. The van der Waals surface area contributed by atoms with Crippen molar-refractivity contribution >= 4 is 86.2 Å². The summed E-state index contributed by atoms with van der Waals surface area (Å²) in [5.41, 5.74) is 6.59. The van der Waals surface area contributed by atoms with Gasteiger partial charge in [-0.05, 0) is 42.5 Å². The number of aromatic nitrogens is 3. The number of hydrogen-bond donors (Lipinski definition) is 0. The Bertz CT molecular complexity index is 2880. The Morgan fingerprint density at radius 3 is 2.32 bits per heavy atom. The standard InChI is InChI=1S/C38H19N3O2S/c1-5-15-25-20(10-1)32-35(37-31(23-13-4-8-19-29(23)44-37)30-21-11-2-6-16-26(21)43-36(30)32)41(25)38-39-24-14-9-18-28-33(24)34(40-38)22-12-3-7-17-27(22)42-28/h1-19H. The molecule has 0 spiro atoms. The molecule has 0 aliphatic carbocycles. The molecule has 1 aliphatic heterocycles. The molecule has 10 aromatic rings. The van der Waals surface area contributed by atoms with Crippen LogP contribution in [-0.4, -0.2) is 14.5 Å². The molecule has 5 nitrogen and oxygen atoms in total. The number of thiophene rings is 1. The van der Waals surface area contributed by atoms with Crippen molar-refractivity contribution in [2.45, 2.75) is 0 Å². The fraction of sp³-hybridized carbons (Fsp3) is 0. The third-order valence-corrected chi connectivity index (χ3v) is 10.2. The lowest BCUT2D eigenvalue weighted by atomic mass is 10.0. The molecule has 0 amide bonds. The zero-order valence-electron chi connectivity index (χ0n) is 23.0. The summed E-state index contributed by atoms with van der Waals surface area (Å²) < 4.78 is 17.7. The average Bonchev–Trinajstić information content (AvgIpc) is 3.74. The van der Waals surface area contributed by atoms with Crippen LogP contribution in [-0.2, 0) is 0 Å². The quantitative estimate of drug-likeness (QED) is 0.193. The lowest BCUT2D eigenvalue weighted by molar-refractivity contribution is 0.486. The molecule has 0 atom stereocenters. The molecule has 44 heavy (non-hydrogen) atoms. The van der Waals surface area contributed by atoms with Gasteiger partial charge in [-0.3, -0.25) is 4.57 Å². The second-order valence-electron chi connectivity index (χ2n) is 11.3. The second kappa shape index (κ2) is 8.01. The third-order valence-electron chi connectivity index (χ3n) is 8.99. The van der Waals surface area contributed by atoms with Gasteiger partial charge in [-0.1, -0.05) is 72.8 Å². The Hall–Kier alpha value is -5.72. The van der Waals surface area contributed by atoms with Gasteiger partial charge in [0.05, 0.1) is 37.7 Å². The number of furan rings is 1. The van der Waals surface area contributed by atoms with Crippen LogP contribution in [0.25, 0.3) is 92.0 Å². The molecule has 0 saturated heterocycles. The van der Waals surface area contributed by atoms with Crippen LogP contribution >= 0.6 is 11.3 Å². The second-order valence-corrected chi connectivity index (χ2v) is 12.4. The third kappa shape index (κ3) is 2.74. The highest BCUT2D eigenvalue weighted by Gasteiger charge is 2.28. The van der Waals surface area contributed by atoms with Crippen molar-refractivity contribution in [1.82, 2.24) is 14.5 Å². The van der Waals surface area contributed by atoms with Gasteiger partial charge >= 0.3 is 0 Å². The molecular formula is C38H19N3O2S. The van der Waals surface area contributed by atoms with Crippen LogP contribution < -0.4 is 4.74 Å². The molecule has 0 bridgehead atoms. The van der Waals surface area contributed by atoms with Crippen molar-refractivity contribution in [2.24, 2.45) is 0 Å². The van der Waals surface area contributed by atoms with Gasteiger partial charge in [0.25, 0.3) is 0 Å². The molecule has 0 N–H and O–H groups in total. The van der Waals surface area contributed by atoms with Crippen molar-refractivity contribution < 1.29 is 9.15 Å². The van der Waals surface area contributed by atoms with E-state index in [-0.39, 0.29) is 0 Å². The maximum atomic E-state index is 6.77. The summed E-state index contributed by atoms with van der Waals surface area (Å²) in [5.74, 6) is 2.21. The van der Waals surface area contributed by atoms with Gasteiger partial charge in [0.15, 0.2) is 0 Å². The van der Waals surface area contributed by atoms with E-state index in [2.05, 4.69) is 77.4 Å². The molecule has 0 saturated carbocycles. The van der Waals surface area contributed by atoms with Gasteiger partial charge < -0.3 is 9.15 Å². The highest BCUT2D eigenvalue weighted by molar-refractivity contribution is 7.27. The zero-order chi connectivity index (χ0) is 28.5. The predicted octanol–water partition coefficient (Wildman–Crippen LogP) is 10.8. The number of ether oxygens (including phenoxy) is 1. The van der Waals surface area contributed by atoms with Crippen LogP contribution in [0.1, 0.15) is 0 Å². The maximum absolute atomic E-state index is 6.77. The Morgan fingerprint density at radius 1 is 0.591 bits per heavy atom. The van der Waals surface area contributed by atoms with Gasteiger partial charge in [-0.2, -0.15) is 0 Å². The van der Waals surface area contributed by atoms with Crippen molar-refractivity contribution in [1.29, 1.82) is 0 Å². The average molecular weight is 582 g/mol. The Kier molecular flexibility index (Phi) is 4.15. The Morgan fingerprint density at radius 2 is 1.36 bits per heavy atom. The summed E-state index contributed by atoms with van der Waals surface area (Å²) in [7, 11) is 0. The molecule has 1 aliphatic rings. The first-order valence-electron chi connectivity index (χ1n) is 14.6. The summed E-state index contributed by atoms with van der Waals surface area (Å²) >= 11 is 1.82.